The molecule has 1 aromatic carbocycles. The van der Waals surface area contributed by atoms with Crippen molar-refractivity contribution in [2.45, 2.75) is 53.1 Å². The second-order valence-electron chi connectivity index (χ2n) is 9.23. The topological polar surface area (TPSA) is 102 Å². The molecule has 0 atom stereocenters. The summed E-state index contributed by atoms with van der Waals surface area (Å²) < 4.78 is 35.8. The van der Waals surface area contributed by atoms with Crippen molar-refractivity contribution in [2.24, 2.45) is 0 Å². The van der Waals surface area contributed by atoms with Gasteiger partial charge in [-0.15, -0.1) is 11.8 Å². The van der Waals surface area contributed by atoms with E-state index >= 15 is 0 Å². The molecule has 0 aliphatic carbocycles. The number of nitrogens with zero attached hydrogens (tertiary/aromatic N) is 3. The molecule has 0 bridgehead atoms. The molecule has 0 radical (unpaired) electrons. The van der Waals surface area contributed by atoms with Crippen molar-refractivity contribution in [2.75, 3.05) is 31.2 Å². The lowest BCUT2D eigenvalue weighted by atomic mass is 10.1. The Morgan fingerprint density at radius 3 is 2.71 bits per heavy atom. The highest BCUT2D eigenvalue weighted by Crippen LogP contribution is 2.34. The summed E-state index contributed by atoms with van der Waals surface area (Å²) in [6.07, 6.45) is 6.18. The first-order chi connectivity index (χ1) is 18.1. The quantitative estimate of drug-likeness (QED) is 0.259. The normalized spacial score (nSPS) is 17.5. The number of thioether (sulfide) groups is 1. The fourth-order valence-corrected chi connectivity index (χ4v) is 7.40. The van der Waals surface area contributed by atoms with Crippen LogP contribution in [0.1, 0.15) is 56.2 Å². The molecule has 9 nitrogen and oxygen atoms in total. The first-order valence-corrected chi connectivity index (χ1v) is 15.9. The van der Waals surface area contributed by atoms with Gasteiger partial charge in [0.05, 0.1) is 41.1 Å². The lowest BCUT2D eigenvalue weighted by molar-refractivity contribution is -0.674. The van der Waals surface area contributed by atoms with Gasteiger partial charge in [-0.1, -0.05) is 11.6 Å². The van der Waals surface area contributed by atoms with Crippen LogP contribution in [-0.4, -0.2) is 61.0 Å². The zero-order valence-corrected chi connectivity index (χ0v) is 24.3. The molecular weight excluding hydrogens is 548 g/mol. The number of rotatable bonds is 10. The number of hydrogen-bond acceptors (Lipinski definition) is 7. The lowest BCUT2D eigenvalue weighted by Crippen LogP contribution is -2.37. The highest BCUT2D eigenvalue weighted by atomic mass is 35.5. The Kier molecular flexibility index (Phi) is 9.10. The number of nitrogens with one attached hydrogen (secondary N) is 1. The molecule has 1 saturated heterocycles. The molecular formula is C26H34ClN4O5S2+. The Morgan fingerprint density at radius 2 is 2.00 bits per heavy atom. The van der Waals surface area contributed by atoms with Crippen LogP contribution in [0.15, 0.2) is 29.3 Å². The van der Waals surface area contributed by atoms with E-state index < -0.39 is 21.9 Å². The maximum atomic E-state index is 12.6. The van der Waals surface area contributed by atoms with Gasteiger partial charge in [-0.05, 0) is 38.8 Å². The number of fused-ring (bicyclic) bond motifs is 3. The molecule has 0 unspecified atom stereocenters. The number of allylic oxidation sites excluding steroid dienone is 3. The summed E-state index contributed by atoms with van der Waals surface area (Å²) in [4.78, 5) is 26.1. The van der Waals surface area contributed by atoms with E-state index in [0.717, 1.165) is 48.7 Å². The molecule has 206 valence electrons. The Balaban J connectivity index is 1.71. The minimum Gasteiger partial charge on any atom is -0.462 e. The molecule has 1 aromatic heterocycles. The van der Waals surface area contributed by atoms with Crippen molar-refractivity contribution in [1.29, 1.82) is 0 Å². The standard InChI is InChI=1S/C26H33ClN4O5S2/c1-4-29-13-14-37-24(29)9-8-19-10-12-31-23-17-21(27)20(26(33)36-5-2)16-22(23)30(25(19)31)11-6-7-15-38(34,35)28-18(3)32/h8-9,16-17H,4-7,10-15H2,1-3H3/p+1. The number of imidazole rings is 1. The fraction of sp³-hybridized carbons (Fsp3) is 0.500. The predicted molar refractivity (Wildman–Crippen MR) is 150 cm³/mol. The summed E-state index contributed by atoms with van der Waals surface area (Å²) in [6, 6.07) is 3.59. The monoisotopic (exact) mass is 581 g/mol. The number of amides is 1. The van der Waals surface area contributed by atoms with Crippen molar-refractivity contribution in [3.63, 3.8) is 0 Å². The van der Waals surface area contributed by atoms with Crippen LogP contribution in [0.2, 0.25) is 5.02 Å². The van der Waals surface area contributed by atoms with E-state index in [4.69, 9.17) is 16.3 Å². The van der Waals surface area contributed by atoms with Gasteiger partial charge in [-0.3, -0.25) is 9.52 Å². The number of carbonyl (C=O) groups is 2. The molecule has 2 aromatic rings. The summed E-state index contributed by atoms with van der Waals surface area (Å²) in [6.45, 7) is 8.68. The van der Waals surface area contributed by atoms with Gasteiger partial charge in [0, 0.05) is 49.9 Å². The second kappa shape index (κ2) is 12.1. The van der Waals surface area contributed by atoms with Crippen molar-refractivity contribution >= 4 is 61.9 Å². The Bertz CT molecular complexity index is 1410. The summed E-state index contributed by atoms with van der Waals surface area (Å²) in [5.74, 6) is 0.909. The third-order valence-electron chi connectivity index (χ3n) is 6.62. The van der Waals surface area contributed by atoms with E-state index in [-0.39, 0.29) is 12.4 Å². The smallest absolute Gasteiger partial charge is 0.339 e. The molecule has 1 N–H and O–H groups in total. The molecule has 0 spiro atoms. The molecule has 3 heterocycles. The van der Waals surface area contributed by atoms with Crippen LogP contribution < -0.4 is 9.29 Å². The number of carbonyl (C=O) groups excluding carboxylic acids is 2. The lowest BCUT2D eigenvalue weighted by Gasteiger charge is -2.15. The van der Waals surface area contributed by atoms with E-state index in [1.165, 1.54) is 17.5 Å². The Labute approximate surface area is 232 Å². The summed E-state index contributed by atoms with van der Waals surface area (Å²) in [5.41, 5.74) is 3.25. The predicted octanol–water partition coefficient (Wildman–Crippen LogP) is 3.70. The summed E-state index contributed by atoms with van der Waals surface area (Å²) >= 11 is 8.38. The van der Waals surface area contributed by atoms with Gasteiger partial charge in [0.2, 0.25) is 15.9 Å². The van der Waals surface area contributed by atoms with E-state index in [1.54, 1.807) is 13.0 Å². The first kappa shape index (κ1) is 28.5. The molecule has 4 rings (SSSR count). The molecule has 2 aliphatic heterocycles. The number of sulfonamides is 1. The van der Waals surface area contributed by atoms with Crippen molar-refractivity contribution in [3.05, 3.63) is 45.7 Å². The number of aryl methyl sites for hydroxylation is 2. The zero-order chi connectivity index (χ0) is 27.4. The van der Waals surface area contributed by atoms with Crippen molar-refractivity contribution in [1.82, 2.24) is 14.2 Å². The average Bonchev–Trinajstić information content (AvgIpc) is 3.55. The van der Waals surface area contributed by atoms with Crippen LogP contribution in [0, 0.1) is 0 Å². The molecule has 12 heteroatoms. The molecule has 0 saturated carbocycles. The van der Waals surface area contributed by atoms with E-state index in [9.17, 15) is 18.0 Å². The number of halogens is 1. The van der Waals surface area contributed by atoms with Gasteiger partial charge in [0.25, 0.3) is 5.82 Å². The van der Waals surface area contributed by atoms with Gasteiger partial charge in [-0.25, -0.2) is 22.3 Å². The van der Waals surface area contributed by atoms with Crippen molar-refractivity contribution in [3.8, 4) is 0 Å². The first-order valence-electron chi connectivity index (χ1n) is 12.9. The van der Waals surface area contributed by atoms with Gasteiger partial charge < -0.3 is 9.64 Å². The summed E-state index contributed by atoms with van der Waals surface area (Å²) in [7, 11) is -3.66. The van der Waals surface area contributed by atoms with Gasteiger partial charge in [0.15, 0.2) is 11.0 Å². The molecule has 2 aliphatic rings. The molecule has 1 fully saturated rings. The minimum atomic E-state index is -3.66. The third-order valence-corrected chi connectivity index (χ3v) is 9.43. The molecule has 38 heavy (non-hydrogen) atoms. The number of hydrogen-bond donors (Lipinski definition) is 1. The highest BCUT2D eigenvalue weighted by Gasteiger charge is 2.34. The van der Waals surface area contributed by atoms with Crippen molar-refractivity contribution < 1.29 is 27.3 Å². The van der Waals surface area contributed by atoms with E-state index in [1.807, 2.05) is 22.6 Å². The largest absolute Gasteiger partial charge is 0.462 e. The number of aromatic nitrogens is 2. The van der Waals surface area contributed by atoms with Crippen LogP contribution in [0.5, 0.6) is 0 Å². The summed E-state index contributed by atoms with van der Waals surface area (Å²) in [5, 5.41) is 1.60. The highest BCUT2D eigenvalue weighted by molar-refractivity contribution is 8.03. The molecule has 1 amide bonds. The van der Waals surface area contributed by atoms with Crippen LogP contribution >= 0.6 is 23.4 Å². The van der Waals surface area contributed by atoms with Gasteiger partial charge >= 0.3 is 5.97 Å². The zero-order valence-electron chi connectivity index (χ0n) is 22.0. The van der Waals surface area contributed by atoms with Crippen LogP contribution in [0.4, 0.5) is 0 Å². The van der Waals surface area contributed by atoms with Crippen LogP contribution in [0.25, 0.3) is 16.6 Å². The van der Waals surface area contributed by atoms with Crippen LogP contribution in [0.3, 0.4) is 0 Å². The van der Waals surface area contributed by atoms with E-state index in [0.29, 0.717) is 30.0 Å². The number of benzene rings is 1. The van der Waals surface area contributed by atoms with E-state index in [2.05, 4.69) is 33.1 Å². The fourth-order valence-electron chi connectivity index (χ4n) is 4.96. The maximum absolute atomic E-state index is 12.6. The SMILES string of the molecule is CCOC(=O)c1cc2c(cc1Cl)n1c([n+]2CCCCS(=O)(=O)NC(C)=O)C(=CC=C2SCCN2CC)CC1. The number of unbranched alkanes of at least 4 members (excludes halogenated alkanes) is 1. The van der Waals surface area contributed by atoms with Crippen LogP contribution in [-0.2, 0) is 32.6 Å². The Morgan fingerprint density at radius 1 is 1.21 bits per heavy atom. The minimum absolute atomic E-state index is 0.139. The number of ether oxygens (including phenoxy) is 1. The Hall–Kier alpha value is -2.50. The second-order valence-corrected chi connectivity index (χ2v) is 12.6. The maximum Gasteiger partial charge on any atom is 0.339 e. The van der Waals surface area contributed by atoms with Gasteiger partial charge in [0.1, 0.15) is 0 Å². The average molecular weight is 582 g/mol. The third kappa shape index (κ3) is 6.21. The number of esters is 1. The van der Waals surface area contributed by atoms with Gasteiger partial charge in [-0.2, -0.15) is 0 Å².